The molecule has 2 unspecified atom stereocenters. The van der Waals surface area contributed by atoms with Crippen molar-refractivity contribution in [3.63, 3.8) is 0 Å². The lowest BCUT2D eigenvalue weighted by molar-refractivity contribution is -0.137. The summed E-state index contributed by atoms with van der Waals surface area (Å²) >= 11 is 1.53. The highest BCUT2D eigenvalue weighted by Crippen LogP contribution is 2.30. The molecule has 1 aromatic rings. The van der Waals surface area contributed by atoms with E-state index in [1.54, 1.807) is 0 Å². The molecule has 1 aliphatic heterocycles. The lowest BCUT2D eigenvalue weighted by atomic mass is 10.1. The molecule has 1 amide bonds. The lowest BCUT2D eigenvalue weighted by Gasteiger charge is -2.26. The number of carboxylic acid groups (broad SMARTS) is 1. The van der Waals surface area contributed by atoms with Gasteiger partial charge in [-0.05, 0) is 43.6 Å². The Labute approximate surface area is 134 Å². The van der Waals surface area contributed by atoms with Crippen molar-refractivity contribution in [2.24, 2.45) is 0 Å². The second kappa shape index (κ2) is 8.29. The number of hydrogen-bond donors (Lipinski definition) is 2. The van der Waals surface area contributed by atoms with Gasteiger partial charge in [-0.3, -0.25) is 9.59 Å². The molecule has 2 atom stereocenters. The van der Waals surface area contributed by atoms with Crippen LogP contribution in [0.5, 0.6) is 0 Å². The van der Waals surface area contributed by atoms with Gasteiger partial charge in [-0.1, -0.05) is 6.07 Å². The molecule has 0 aromatic carbocycles. The summed E-state index contributed by atoms with van der Waals surface area (Å²) < 4.78 is 0. The quantitative estimate of drug-likeness (QED) is 0.721. The summed E-state index contributed by atoms with van der Waals surface area (Å²) in [6.45, 7) is 0.750. The monoisotopic (exact) mass is 325 g/mol. The molecule has 0 bridgehead atoms. The zero-order chi connectivity index (χ0) is 15.9. The fourth-order valence-corrected chi connectivity index (χ4v) is 3.68. The van der Waals surface area contributed by atoms with E-state index in [2.05, 4.69) is 0 Å². The van der Waals surface area contributed by atoms with E-state index in [1.807, 2.05) is 22.4 Å². The van der Waals surface area contributed by atoms with Crippen LogP contribution in [0.3, 0.4) is 0 Å². The molecule has 0 aliphatic carbocycles. The van der Waals surface area contributed by atoms with Gasteiger partial charge < -0.3 is 15.1 Å². The Morgan fingerprint density at radius 2 is 2.14 bits per heavy atom. The first-order chi connectivity index (χ1) is 10.6. The Morgan fingerprint density at radius 3 is 2.82 bits per heavy atom. The van der Waals surface area contributed by atoms with Crippen molar-refractivity contribution in [1.82, 2.24) is 4.90 Å². The molecule has 5 nitrogen and oxygen atoms in total. The highest BCUT2D eigenvalue weighted by Gasteiger charge is 2.30. The first-order valence-corrected chi connectivity index (χ1v) is 8.68. The van der Waals surface area contributed by atoms with Crippen LogP contribution in [-0.4, -0.2) is 39.6 Å². The van der Waals surface area contributed by atoms with E-state index < -0.39 is 12.1 Å². The van der Waals surface area contributed by atoms with Crippen LogP contribution in [0.2, 0.25) is 0 Å². The third kappa shape index (κ3) is 4.81. The summed E-state index contributed by atoms with van der Waals surface area (Å²) in [4.78, 5) is 25.5. The number of nitrogens with zero attached hydrogens (tertiary/aromatic N) is 1. The van der Waals surface area contributed by atoms with Crippen LogP contribution >= 0.6 is 11.3 Å². The fourth-order valence-electron chi connectivity index (χ4n) is 2.96. The van der Waals surface area contributed by atoms with Gasteiger partial charge in [0.15, 0.2) is 0 Å². The van der Waals surface area contributed by atoms with Crippen LogP contribution in [0, 0.1) is 0 Å². The Morgan fingerprint density at radius 1 is 1.36 bits per heavy atom. The molecule has 122 valence electrons. The minimum atomic E-state index is -0.814. The van der Waals surface area contributed by atoms with Gasteiger partial charge in [-0.15, -0.1) is 11.3 Å². The van der Waals surface area contributed by atoms with Crippen molar-refractivity contribution >= 4 is 23.2 Å². The van der Waals surface area contributed by atoms with Crippen LogP contribution in [0.25, 0.3) is 0 Å². The SMILES string of the molecule is O=C(O)CCCCC(=O)N1CCCC1CC(O)c1cccs1. The first kappa shape index (κ1) is 17.0. The van der Waals surface area contributed by atoms with Gasteiger partial charge in [0, 0.05) is 30.3 Å². The number of aliphatic hydroxyl groups excluding tert-OH is 1. The smallest absolute Gasteiger partial charge is 0.303 e. The number of likely N-dealkylation sites (tertiary alicyclic amines) is 1. The number of aliphatic carboxylic acids is 1. The summed E-state index contributed by atoms with van der Waals surface area (Å²) in [7, 11) is 0. The normalized spacial score (nSPS) is 19.3. The number of hydrogen-bond acceptors (Lipinski definition) is 4. The molecule has 6 heteroatoms. The maximum Gasteiger partial charge on any atom is 0.303 e. The molecule has 1 fully saturated rings. The van der Waals surface area contributed by atoms with Gasteiger partial charge in [-0.2, -0.15) is 0 Å². The van der Waals surface area contributed by atoms with Gasteiger partial charge in [0.2, 0.25) is 5.91 Å². The average Bonchev–Trinajstić information content (AvgIpc) is 3.14. The van der Waals surface area contributed by atoms with Crippen LogP contribution in [0.1, 0.15) is 55.9 Å². The summed E-state index contributed by atoms with van der Waals surface area (Å²) in [6, 6.07) is 3.94. The van der Waals surface area contributed by atoms with Crippen LogP contribution in [-0.2, 0) is 9.59 Å². The molecule has 1 saturated heterocycles. The van der Waals surface area contributed by atoms with Crippen LogP contribution < -0.4 is 0 Å². The highest BCUT2D eigenvalue weighted by molar-refractivity contribution is 7.10. The molecule has 22 heavy (non-hydrogen) atoms. The Balaban J connectivity index is 1.79. The van der Waals surface area contributed by atoms with E-state index in [-0.39, 0.29) is 18.4 Å². The third-order valence-electron chi connectivity index (χ3n) is 4.10. The molecule has 0 saturated carbocycles. The van der Waals surface area contributed by atoms with E-state index >= 15 is 0 Å². The highest BCUT2D eigenvalue weighted by atomic mass is 32.1. The van der Waals surface area contributed by atoms with Gasteiger partial charge in [0.05, 0.1) is 6.10 Å². The average molecular weight is 325 g/mol. The number of carbonyl (C=O) groups excluding carboxylic acids is 1. The van der Waals surface area contributed by atoms with Crippen molar-refractivity contribution in [1.29, 1.82) is 0 Å². The maximum absolute atomic E-state index is 12.3. The summed E-state index contributed by atoms with van der Waals surface area (Å²) in [5, 5.41) is 20.8. The molecule has 0 spiro atoms. The third-order valence-corrected chi connectivity index (χ3v) is 5.07. The molecular formula is C16H23NO4S. The molecule has 2 rings (SSSR count). The van der Waals surface area contributed by atoms with Crippen LogP contribution in [0.4, 0.5) is 0 Å². The number of aliphatic hydroxyl groups is 1. The van der Waals surface area contributed by atoms with Gasteiger partial charge in [0.1, 0.15) is 0 Å². The number of unbranched alkanes of at least 4 members (excludes halogenated alkanes) is 1. The van der Waals surface area contributed by atoms with E-state index in [0.29, 0.717) is 25.7 Å². The number of thiophene rings is 1. The lowest BCUT2D eigenvalue weighted by Crippen LogP contribution is -2.36. The van der Waals surface area contributed by atoms with Gasteiger partial charge in [0.25, 0.3) is 0 Å². The van der Waals surface area contributed by atoms with E-state index in [9.17, 15) is 14.7 Å². The van der Waals surface area contributed by atoms with Gasteiger partial charge >= 0.3 is 5.97 Å². The number of carboxylic acids is 1. The molecule has 2 heterocycles. The Hall–Kier alpha value is -1.40. The zero-order valence-corrected chi connectivity index (χ0v) is 13.4. The van der Waals surface area contributed by atoms with E-state index in [4.69, 9.17) is 5.11 Å². The minimum absolute atomic E-state index is 0.0891. The predicted octanol–water partition coefficient (Wildman–Crippen LogP) is 2.81. The first-order valence-electron chi connectivity index (χ1n) is 7.80. The number of rotatable bonds is 8. The predicted molar refractivity (Wildman–Crippen MR) is 84.7 cm³/mol. The minimum Gasteiger partial charge on any atom is -0.481 e. The molecule has 2 N–H and O–H groups in total. The molecular weight excluding hydrogens is 302 g/mol. The summed E-state index contributed by atoms with van der Waals surface area (Å²) in [5.41, 5.74) is 0. The van der Waals surface area contributed by atoms with Crippen molar-refractivity contribution in [3.8, 4) is 0 Å². The molecule has 1 aromatic heterocycles. The Bertz CT molecular complexity index is 488. The summed E-state index contributed by atoms with van der Waals surface area (Å²) in [6.07, 6.45) is 3.66. The van der Waals surface area contributed by atoms with Crippen molar-refractivity contribution in [2.75, 3.05) is 6.54 Å². The van der Waals surface area contributed by atoms with E-state index in [1.165, 1.54) is 11.3 Å². The Kier molecular flexibility index (Phi) is 6.39. The van der Waals surface area contributed by atoms with Crippen molar-refractivity contribution in [3.05, 3.63) is 22.4 Å². The zero-order valence-electron chi connectivity index (χ0n) is 12.6. The topological polar surface area (TPSA) is 77.8 Å². The second-order valence-corrected chi connectivity index (χ2v) is 6.73. The van der Waals surface area contributed by atoms with Crippen molar-refractivity contribution < 1.29 is 19.8 Å². The largest absolute Gasteiger partial charge is 0.481 e. The van der Waals surface area contributed by atoms with Crippen molar-refractivity contribution in [2.45, 2.75) is 57.1 Å². The maximum atomic E-state index is 12.3. The van der Waals surface area contributed by atoms with Gasteiger partial charge in [-0.25, -0.2) is 0 Å². The number of carbonyl (C=O) groups is 2. The molecule has 0 radical (unpaired) electrons. The molecule has 1 aliphatic rings. The van der Waals surface area contributed by atoms with E-state index in [0.717, 1.165) is 24.3 Å². The number of amides is 1. The second-order valence-electron chi connectivity index (χ2n) is 5.75. The van der Waals surface area contributed by atoms with Crippen LogP contribution in [0.15, 0.2) is 17.5 Å². The standard InChI is InChI=1S/C16H23NO4S/c18-13(14-6-4-10-22-14)11-12-5-3-9-17(12)15(19)7-1-2-8-16(20)21/h4,6,10,12-13,18H,1-3,5,7-9,11H2,(H,20,21). The fraction of sp³-hybridized carbons (Fsp3) is 0.625. The summed E-state index contributed by atoms with van der Waals surface area (Å²) in [5.74, 6) is -0.725.